The molecule has 74 valence electrons. The van der Waals surface area contributed by atoms with Gasteiger partial charge in [-0.3, -0.25) is 4.79 Å². The summed E-state index contributed by atoms with van der Waals surface area (Å²) in [6.07, 6.45) is 3.67. The first-order valence-corrected chi connectivity index (χ1v) is 6.02. The summed E-state index contributed by atoms with van der Waals surface area (Å²) in [7, 11) is 0. The normalized spacial score (nSPS) is 15.8. The molecule has 0 fully saturated rings. The van der Waals surface area contributed by atoms with Crippen LogP contribution < -0.4 is 0 Å². The molecule has 0 unspecified atom stereocenters. The lowest BCUT2D eigenvalue weighted by molar-refractivity contribution is 0.101. The highest BCUT2D eigenvalue weighted by Gasteiger charge is 2.10. The lowest BCUT2D eigenvalue weighted by Gasteiger charge is -2.05. The van der Waals surface area contributed by atoms with Gasteiger partial charge < -0.3 is 0 Å². The van der Waals surface area contributed by atoms with E-state index < -0.39 is 0 Å². The molecular formula is C12H14OS. The van der Waals surface area contributed by atoms with Crippen LogP contribution in [-0.2, 0) is 6.42 Å². The van der Waals surface area contributed by atoms with Gasteiger partial charge in [-0.1, -0.05) is 6.07 Å². The Morgan fingerprint density at radius 2 is 2.21 bits per heavy atom. The highest BCUT2D eigenvalue weighted by Crippen LogP contribution is 2.29. The number of rotatable bonds is 1. The van der Waals surface area contributed by atoms with Crippen molar-refractivity contribution in [1.29, 1.82) is 0 Å². The van der Waals surface area contributed by atoms with E-state index in [1.54, 1.807) is 6.92 Å². The van der Waals surface area contributed by atoms with Crippen LogP contribution in [0.5, 0.6) is 0 Å². The number of carbonyl (C=O) groups excluding carboxylic acids is 1. The molecule has 0 spiro atoms. The predicted molar refractivity (Wildman–Crippen MR) is 60.1 cm³/mol. The second-order valence-corrected chi connectivity index (χ2v) is 4.82. The Balaban J connectivity index is 2.37. The quantitative estimate of drug-likeness (QED) is 0.656. The van der Waals surface area contributed by atoms with Crippen molar-refractivity contribution in [2.45, 2.75) is 31.1 Å². The fourth-order valence-corrected chi connectivity index (χ4v) is 2.81. The Morgan fingerprint density at radius 1 is 1.36 bits per heavy atom. The van der Waals surface area contributed by atoms with E-state index in [2.05, 4.69) is 12.1 Å². The topological polar surface area (TPSA) is 17.1 Å². The van der Waals surface area contributed by atoms with Crippen LogP contribution in [0.1, 0.15) is 35.7 Å². The Kier molecular flexibility index (Phi) is 2.92. The predicted octanol–water partition coefficient (Wildman–Crippen LogP) is 3.32. The van der Waals surface area contributed by atoms with Gasteiger partial charge in [-0.05, 0) is 49.6 Å². The van der Waals surface area contributed by atoms with E-state index >= 15 is 0 Å². The summed E-state index contributed by atoms with van der Waals surface area (Å²) in [5.74, 6) is 1.38. The van der Waals surface area contributed by atoms with E-state index in [1.807, 2.05) is 17.8 Å². The van der Waals surface area contributed by atoms with E-state index in [1.165, 1.54) is 29.1 Å². The maximum Gasteiger partial charge on any atom is 0.159 e. The molecule has 2 rings (SSSR count). The van der Waals surface area contributed by atoms with Crippen LogP contribution in [0, 0.1) is 0 Å². The molecule has 1 aromatic carbocycles. The third kappa shape index (κ3) is 2.01. The first kappa shape index (κ1) is 9.78. The van der Waals surface area contributed by atoms with Crippen LogP contribution in [-0.4, -0.2) is 11.5 Å². The van der Waals surface area contributed by atoms with Gasteiger partial charge in [0.15, 0.2) is 5.78 Å². The van der Waals surface area contributed by atoms with Crippen LogP contribution >= 0.6 is 11.8 Å². The van der Waals surface area contributed by atoms with E-state index in [9.17, 15) is 4.79 Å². The molecule has 1 nitrogen and oxygen atoms in total. The zero-order valence-corrected chi connectivity index (χ0v) is 9.19. The highest BCUT2D eigenvalue weighted by atomic mass is 32.2. The van der Waals surface area contributed by atoms with Gasteiger partial charge in [-0.2, -0.15) is 0 Å². The SMILES string of the molecule is CC(=O)c1ccc2c(c1)CCCCS2. The number of carbonyl (C=O) groups is 1. The molecule has 0 aliphatic carbocycles. The molecule has 0 saturated heterocycles. The first-order chi connectivity index (χ1) is 6.77. The number of hydrogen-bond donors (Lipinski definition) is 0. The molecule has 1 aliphatic heterocycles. The molecule has 0 radical (unpaired) electrons. The number of ketones is 1. The third-order valence-corrected chi connectivity index (χ3v) is 3.77. The summed E-state index contributed by atoms with van der Waals surface area (Å²) < 4.78 is 0. The summed E-state index contributed by atoms with van der Waals surface area (Å²) in [6, 6.07) is 6.11. The minimum Gasteiger partial charge on any atom is -0.295 e. The second kappa shape index (κ2) is 4.18. The van der Waals surface area contributed by atoms with Crippen molar-refractivity contribution in [3.8, 4) is 0 Å². The smallest absolute Gasteiger partial charge is 0.159 e. The molecule has 1 aliphatic rings. The fourth-order valence-electron chi connectivity index (χ4n) is 1.73. The average molecular weight is 206 g/mol. The number of Topliss-reactive ketones (excluding diaryl/α,β-unsaturated/α-hetero) is 1. The molecule has 0 N–H and O–H groups in total. The number of benzene rings is 1. The van der Waals surface area contributed by atoms with Crippen LogP contribution in [0.2, 0.25) is 0 Å². The van der Waals surface area contributed by atoms with Crippen molar-refractivity contribution in [1.82, 2.24) is 0 Å². The molecule has 0 amide bonds. The van der Waals surface area contributed by atoms with E-state index in [0.29, 0.717) is 0 Å². The van der Waals surface area contributed by atoms with Crippen LogP contribution in [0.3, 0.4) is 0 Å². The maximum atomic E-state index is 11.2. The Hall–Kier alpha value is -0.760. The number of fused-ring (bicyclic) bond motifs is 1. The summed E-state index contributed by atoms with van der Waals surface area (Å²) in [4.78, 5) is 12.6. The number of hydrogen-bond acceptors (Lipinski definition) is 2. The van der Waals surface area contributed by atoms with Gasteiger partial charge in [-0.15, -0.1) is 11.8 Å². The summed E-state index contributed by atoms with van der Waals surface area (Å²) in [6.45, 7) is 1.63. The minimum atomic E-state index is 0.169. The zero-order chi connectivity index (χ0) is 9.97. The molecule has 0 bridgehead atoms. The Morgan fingerprint density at radius 3 is 3.00 bits per heavy atom. The Labute approximate surface area is 88.9 Å². The monoisotopic (exact) mass is 206 g/mol. The van der Waals surface area contributed by atoms with Crippen molar-refractivity contribution in [3.63, 3.8) is 0 Å². The van der Waals surface area contributed by atoms with Crippen molar-refractivity contribution in [2.75, 3.05) is 5.75 Å². The largest absolute Gasteiger partial charge is 0.295 e. The van der Waals surface area contributed by atoms with E-state index in [4.69, 9.17) is 0 Å². The van der Waals surface area contributed by atoms with Gasteiger partial charge in [0.1, 0.15) is 0 Å². The molecule has 0 aromatic heterocycles. The molecular weight excluding hydrogens is 192 g/mol. The van der Waals surface area contributed by atoms with Gasteiger partial charge in [-0.25, -0.2) is 0 Å². The minimum absolute atomic E-state index is 0.169. The fraction of sp³-hybridized carbons (Fsp3) is 0.417. The van der Waals surface area contributed by atoms with Crippen molar-refractivity contribution >= 4 is 17.5 Å². The maximum absolute atomic E-state index is 11.2. The lowest BCUT2D eigenvalue weighted by atomic mass is 10.0. The zero-order valence-electron chi connectivity index (χ0n) is 8.38. The van der Waals surface area contributed by atoms with Crippen LogP contribution in [0.4, 0.5) is 0 Å². The van der Waals surface area contributed by atoms with Crippen molar-refractivity contribution < 1.29 is 4.79 Å². The number of thioether (sulfide) groups is 1. The molecule has 0 saturated carbocycles. The van der Waals surface area contributed by atoms with E-state index in [0.717, 1.165) is 12.0 Å². The van der Waals surface area contributed by atoms with Gasteiger partial charge in [0.25, 0.3) is 0 Å². The summed E-state index contributed by atoms with van der Waals surface area (Å²) >= 11 is 1.92. The van der Waals surface area contributed by atoms with Crippen molar-refractivity contribution in [3.05, 3.63) is 29.3 Å². The first-order valence-electron chi connectivity index (χ1n) is 5.04. The van der Waals surface area contributed by atoms with E-state index in [-0.39, 0.29) is 5.78 Å². The average Bonchev–Trinajstić information content (AvgIpc) is 2.41. The summed E-state index contributed by atoms with van der Waals surface area (Å²) in [5, 5.41) is 0. The van der Waals surface area contributed by atoms with Crippen LogP contribution in [0.25, 0.3) is 0 Å². The molecule has 2 heteroatoms. The lowest BCUT2D eigenvalue weighted by Crippen LogP contribution is -1.95. The third-order valence-electron chi connectivity index (χ3n) is 2.57. The molecule has 0 atom stereocenters. The highest BCUT2D eigenvalue weighted by molar-refractivity contribution is 7.99. The Bertz CT molecular complexity index is 357. The van der Waals surface area contributed by atoms with Gasteiger partial charge >= 0.3 is 0 Å². The van der Waals surface area contributed by atoms with Crippen LogP contribution in [0.15, 0.2) is 23.1 Å². The molecule has 14 heavy (non-hydrogen) atoms. The summed E-state index contributed by atoms with van der Waals surface area (Å²) in [5.41, 5.74) is 2.21. The van der Waals surface area contributed by atoms with Gasteiger partial charge in [0, 0.05) is 10.5 Å². The molecule has 1 aromatic rings. The van der Waals surface area contributed by atoms with Gasteiger partial charge in [0.05, 0.1) is 0 Å². The van der Waals surface area contributed by atoms with Gasteiger partial charge in [0.2, 0.25) is 0 Å². The molecule has 1 heterocycles. The number of aryl methyl sites for hydroxylation is 1. The standard InChI is InChI=1S/C12H14OS/c1-9(13)10-5-6-12-11(8-10)4-2-3-7-14-12/h5-6,8H,2-4,7H2,1H3. The second-order valence-electron chi connectivity index (χ2n) is 3.68. The van der Waals surface area contributed by atoms with Crippen molar-refractivity contribution in [2.24, 2.45) is 0 Å².